The lowest BCUT2D eigenvalue weighted by Crippen LogP contribution is -2.08. The minimum absolute atomic E-state index is 0.0608. The van der Waals surface area contributed by atoms with Crippen LogP contribution in [0.5, 0.6) is 0 Å². The van der Waals surface area contributed by atoms with Crippen molar-refractivity contribution in [2.75, 3.05) is 0 Å². The molecule has 0 aliphatic heterocycles. The highest BCUT2D eigenvalue weighted by Gasteiger charge is 2.07. The smallest absolute Gasteiger partial charge is 0.123 e. The van der Waals surface area contributed by atoms with Crippen LogP contribution in [0.1, 0.15) is 30.5 Å². The standard InChI is InChI=1S/C16H18FN/c1-3-16(18)13-6-4-5-12(10-13)15-8-7-14(17)9-11(15)2/h4-10,16H,3,18H2,1-2H3. The molecule has 0 fully saturated rings. The van der Waals surface area contributed by atoms with Crippen molar-refractivity contribution in [3.8, 4) is 11.1 Å². The van der Waals surface area contributed by atoms with Crippen LogP contribution in [-0.2, 0) is 0 Å². The van der Waals surface area contributed by atoms with Crippen molar-refractivity contribution in [3.63, 3.8) is 0 Å². The first-order valence-corrected chi connectivity index (χ1v) is 6.24. The van der Waals surface area contributed by atoms with E-state index in [0.717, 1.165) is 28.7 Å². The van der Waals surface area contributed by atoms with Gasteiger partial charge in [-0.15, -0.1) is 0 Å². The van der Waals surface area contributed by atoms with Crippen LogP contribution in [0.2, 0.25) is 0 Å². The summed E-state index contributed by atoms with van der Waals surface area (Å²) < 4.78 is 13.1. The van der Waals surface area contributed by atoms with E-state index < -0.39 is 0 Å². The molecule has 0 aliphatic carbocycles. The maximum absolute atomic E-state index is 13.1. The molecular weight excluding hydrogens is 225 g/mol. The molecule has 1 atom stereocenters. The van der Waals surface area contributed by atoms with Crippen LogP contribution in [0.25, 0.3) is 11.1 Å². The highest BCUT2D eigenvalue weighted by molar-refractivity contribution is 5.67. The van der Waals surface area contributed by atoms with Crippen LogP contribution >= 0.6 is 0 Å². The zero-order chi connectivity index (χ0) is 13.1. The first-order chi connectivity index (χ1) is 8.61. The number of hydrogen-bond donors (Lipinski definition) is 1. The Kier molecular flexibility index (Phi) is 3.78. The largest absolute Gasteiger partial charge is 0.324 e. The third kappa shape index (κ3) is 2.59. The van der Waals surface area contributed by atoms with Crippen LogP contribution in [0.4, 0.5) is 4.39 Å². The lowest BCUT2D eigenvalue weighted by Gasteiger charge is -2.12. The van der Waals surface area contributed by atoms with Crippen molar-refractivity contribution in [3.05, 3.63) is 59.4 Å². The zero-order valence-corrected chi connectivity index (χ0v) is 10.8. The fourth-order valence-electron chi connectivity index (χ4n) is 2.12. The van der Waals surface area contributed by atoms with E-state index in [1.54, 1.807) is 6.07 Å². The molecule has 2 aromatic carbocycles. The molecule has 0 spiro atoms. The number of aryl methyl sites for hydroxylation is 1. The average molecular weight is 243 g/mol. The fourth-order valence-corrected chi connectivity index (χ4v) is 2.12. The highest BCUT2D eigenvalue weighted by atomic mass is 19.1. The van der Waals surface area contributed by atoms with Gasteiger partial charge in [0.2, 0.25) is 0 Å². The molecule has 0 radical (unpaired) electrons. The lowest BCUT2D eigenvalue weighted by atomic mass is 9.96. The monoisotopic (exact) mass is 243 g/mol. The minimum Gasteiger partial charge on any atom is -0.324 e. The van der Waals surface area contributed by atoms with Crippen LogP contribution in [0.15, 0.2) is 42.5 Å². The van der Waals surface area contributed by atoms with E-state index in [9.17, 15) is 4.39 Å². The summed E-state index contributed by atoms with van der Waals surface area (Å²) in [6.45, 7) is 3.99. The molecule has 2 aromatic rings. The molecule has 2 rings (SSSR count). The third-order valence-electron chi connectivity index (χ3n) is 3.25. The lowest BCUT2D eigenvalue weighted by molar-refractivity contribution is 0.627. The second kappa shape index (κ2) is 5.32. The molecule has 18 heavy (non-hydrogen) atoms. The Morgan fingerprint density at radius 1 is 1.17 bits per heavy atom. The second-order valence-electron chi connectivity index (χ2n) is 4.60. The minimum atomic E-state index is -0.197. The van der Waals surface area contributed by atoms with Gasteiger partial charge in [-0.05, 0) is 53.8 Å². The van der Waals surface area contributed by atoms with Crippen molar-refractivity contribution in [2.24, 2.45) is 5.73 Å². The quantitative estimate of drug-likeness (QED) is 0.858. The van der Waals surface area contributed by atoms with Crippen molar-refractivity contribution in [1.29, 1.82) is 0 Å². The molecule has 1 nitrogen and oxygen atoms in total. The van der Waals surface area contributed by atoms with E-state index in [1.165, 1.54) is 6.07 Å². The van der Waals surface area contributed by atoms with Gasteiger partial charge >= 0.3 is 0 Å². The van der Waals surface area contributed by atoms with Crippen molar-refractivity contribution >= 4 is 0 Å². The van der Waals surface area contributed by atoms with Crippen LogP contribution < -0.4 is 5.73 Å². The Bertz CT molecular complexity index is 549. The predicted octanol–water partition coefficient (Wildman–Crippen LogP) is 4.21. The van der Waals surface area contributed by atoms with Crippen LogP contribution in [0, 0.1) is 12.7 Å². The van der Waals surface area contributed by atoms with E-state index in [0.29, 0.717) is 0 Å². The van der Waals surface area contributed by atoms with Gasteiger partial charge in [0, 0.05) is 6.04 Å². The summed E-state index contributed by atoms with van der Waals surface area (Å²) >= 11 is 0. The molecule has 0 bridgehead atoms. The average Bonchev–Trinajstić information content (AvgIpc) is 2.38. The maximum atomic E-state index is 13.1. The topological polar surface area (TPSA) is 26.0 Å². The Balaban J connectivity index is 2.44. The summed E-state index contributed by atoms with van der Waals surface area (Å²) in [4.78, 5) is 0. The summed E-state index contributed by atoms with van der Waals surface area (Å²) in [7, 11) is 0. The van der Waals surface area contributed by atoms with Gasteiger partial charge in [-0.1, -0.05) is 31.2 Å². The molecule has 0 aromatic heterocycles. The Hall–Kier alpha value is -1.67. The molecule has 2 N–H and O–H groups in total. The van der Waals surface area contributed by atoms with Crippen molar-refractivity contribution in [1.82, 2.24) is 0 Å². The van der Waals surface area contributed by atoms with Crippen molar-refractivity contribution < 1.29 is 4.39 Å². The summed E-state index contributed by atoms with van der Waals surface area (Å²) in [5, 5.41) is 0. The van der Waals surface area contributed by atoms with E-state index in [-0.39, 0.29) is 11.9 Å². The SMILES string of the molecule is CCC(N)c1cccc(-c2ccc(F)cc2C)c1. The Morgan fingerprint density at radius 2 is 1.94 bits per heavy atom. The van der Waals surface area contributed by atoms with Gasteiger partial charge in [-0.2, -0.15) is 0 Å². The third-order valence-corrected chi connectivity index (χ3v) is 3.25. The van der Waals surface area contributed by atoms with Crippen LogP contribution in [-0.4, -0.2) is 0 Å². The molecule has 0 saturated heterocycles. The first-order valence-electron chi connectivity index (χ1n) is 6.24. The molecular formula is C16H18FN. The van der Waals surface area contributed by atoms with Crippen LogP contribution in [0.3, 0.4) is 0 Å². The number of halogens is 1. The van der Waals surface area contributed by atoms with E-state index in [4.69, 9.17) is 5.73 Å². The Labute approximate surface area is 107 Å². The normalized spacial score (nSPS) is 12.4. The van der Waals surface area contributed by atoms with E-state index >= 15 is 0 Å². The highest BCUT2D eigenvalue weighted by Crippen LogP contribution is 2.26. The molecule has 0 saturated carbocycles. The predicted molar refractivity (Wildman–Crippen MR) is 73.8 cm³/mol. The second-order valence-corrected chi connectivity index (χ2v) is 4.60. The summed E-state index contributed by atoms with van der Waals surface area (Å²) in [6.07, 6.45) is 0.909. The van der Waals surface area contributed by atoms with E-state index in [1.807, 2.05) is 31.2 Å². The summed E-state index contributed by atoms with van der Waals surface area (Å²) in [5.74, 6) is -0.197. The molecule has 2 heteroatoms. The first kappa shape index (κ1) is 12.8. The van der Waals surface area contributed by atoms with Gasteiger partial charge in [0.15, 0.2) is 0 Å². The van der Waals surface area contributed by atoms with Gasteiger partial charge in [-0.25, -0.2) is 4.39 Å². The molecule has 94 valence electrons. The summed E-state index contributed by atoms with van der Waals surface area (Å²) in [5.41, 5.74) is 10.3. The Morgan fingerprint density at radius 3 is 2.61 bits per heavy atom. The van der Waals surface area contributed by atoms with Gasteiger partial charge in [0.25, 0.3) is 0 Å². The molecule has 0 aliphatic rings. The van der Waals surface area contributed by atoms with E-state index in [2.05, 4.69) is 13.0 Å². The molecule has 1 unspecified atom stereocenters. The molecule has 0 heterocycles. The zero-order valence-electron chi connectivity index (χ0n) is 10.8. The maximum Gasteiger partial charge on any atom is 0.123 e. The number of benzene rings is 2. The van der Waals surface area contributed by atoms with Gasteiger partial charge in [0.1, 0.15) is 5.82 Å². The number of hydrogen-bond acceptors (Lipinski definition) is 1. The number of rotatable bonds is 3. The van der Waals surface area contributed by atoms with Crippen molar-refractivity contribution in [2.45, 2.75) is 26.3 Å². The fraction of sp³-hybridized carbons (Fsp3) is 0.250. The van der Waals surface area contributed by atoms with Gasteiger partial charge < -0.3 is 5.73 Å². The van der Waals surface area contributed by atoms with Gasteiger partial charge in [-0.3, -0.25) is 0 Å². The number of nitrogens with two attached hydrogens (primary N) is 1. The van der Waals surface area contributed by atoms with Gasteiger partial charge in [0.05, 0.1) is 0 Å². The molecule has 0 amide bonds. The summed E-state index contributed by atoms with van der Waals surface area (Å²) in [6, 6.07) is 13.1.